The molecule has 0 bridgehead atoms. The van der Waals surface area contributed by atoms with Gasteiger partial charge in [-0.1, -0.05) is 24.3 Å². The molecule has 4 rings (SSSR count). The zero-order valence-electron chi connectivity index (χ0n) is 20.8. The van der Waals surface area contributed by atoms with Gasteiger partial charge in [0.25, 0.3) is 5.56 Å². The fourth-order valence-corrected chi connectivity index (χ4v) is 6.70. The molecule has 0 saturated carbocycles. The number of aromatic amines is 1. The maximum absolute atomic E-state index is 13.5. The molecule has 2 heterocycles. The van der Waals surface area contributed by atoms with E-state index in [1.807, 2.05) is 0 Å². The Hall–Kier alpha value is -3.41. The zero-order valence-corrected chi connectivity index (χ0v) is 21.6. The van der Waals surface area contributed by atoms with Gasteiger partial charge < -0.3 is 19.1 Å². The molecular formula is C26H31N3O7S. The lowest BCUT2D eigenvalue weighted by Gasteiger charge is -2.39. The molecule has 2 N–H and O–H groups in total. The normalized spacial score (nSPS) is 16.6. The summed E-state index contributed by atoms with van der Waals surface area (Å²) in [6, 6.07) is 14.4. The van der Waals surface area contributed by atoms with Crippen LogP contribution >= 0.6 is 0 Å². The first kappa shape index (κ1) is 26.6. The standard InChI is InChI=1S/C26H31N3O7S/c1-35-21-9-3-7-19(17-21)26(32,20-8-4-10-22(18-20)36-2)23-11-5-14-29(23)37(33,34)16-6-13-28-15-12-24(30)27-25(28)31/h3-4,7-10,12,15,17-18,23,32H,5-6,11,13-14,16H2,1-2H3,(H,27,30,31)/t23-/m1/s1. The van der Waals surface area contributed by atoms with E-state index in [4.69, 9.17) is 9.47 Å². The number of aryl methyl sites for hydroxylation is 1. The van der Waals surface area contributed by atoms with Crippen LogP contribution in [0.25, 0.3) is 0 Å². The van der Waals surface area contributed by atoms with Crippen LogP contribution in [0.5, 0.6) is 11.5 Å². The van der Waals surface area contributed by atoms with Gasteiger partial charge in [0.05, 0.1) is 26.0 Å². The summed E-state index contributed by atoms with van der Waals surface area (Å²) in [6.07, 6.45) is 2.54. The van der Waals surface area contributed by atoms with Gasteiger partial charge in [-0.25, -0.2) is 13.2 Å². The molecule has 1 fully saturated rings. The Labute approximate surface area is 215 Å². The molecule has 37 heavy (non-hydrogen) atoms. The van der Waals surface area contributed by atoms with Crippen LogP contribution in [0.15, 0.2) is 70.4 Å². The molecular weight excluding hydrogens is 498 g/mol. The van der Waals surface area contributed by atoms with E-state index in [0.29, 0.717) is 35.5 Å². The van der Waals surface area contributed by atoms with Gasteiger partial charge in [-0.3, -0.25) is 9.78 Å². The molecule has 0 amide bonds. The van der Waals surface area contributed by atoms with Crippen LogP contribution in [-0.4, -0.2) is 59.9 Å². The Bertz CT molecular complexity index is 1420. The third-order valence-corrected chi connectivity index (χ3v) is 8.72. The molecule has 0 spiro atoms. The molecule has 1 atom stereocenters. The molecule has 3 aromatic rings. The number of aliphatic hydroxyl groups is 1. The number of rotatable bonds is 10. The van der Waals surface area contributed by atoms with Crippen LogP contribution in [0, 0.1) is 0 Å². The average Bonchev–Trinajstić information content (AvgIpc) is 3.41. The largest absolute Gasteiger partial charge is 0.497 e. The van der Waals surface area contributed by atoms with Crippen LogP contribution in [0.3, 0.4) is 0 Å². The Kier molecular flexibility index (Phi) is 7.86. The Morgan fingerprint density at radius 2 is 1.65 bits per heavy atom. The van der Waals surface area contributed by atoms with Crippen LogP contribution in [0.2, 0.25) is 0 Å². The van der Waals surface area contributed by atoms with Crippen LogP contribution < -0.4 is 20.7 Å². The van der Waals surface area contributed by atoms with Crippen molar-refractivity contribution in [2.45, 2.75) is 37.5 Å². The number of nitrogens with zero attached hydrogens (tertiary/aromatic N) is 2. The minimum Gasteiger partial charge on any atom is -0.497 e. The summed E-state index contributed by atoms with van der Waals surface area (Å²) >= 11 is 0. The fraction of sp³-hybridized carbons (Fsp3) is 0.385. The van der Waals surface area contributed by atoms with Gasteiger partial charge in [-0.2, -0.15) is 4.31 Å². The van der Waals surface area contributed by atoms with Crippen molar-refractivity contribution in [1.82, 2.24) is 13.9 Å². The molecule has 10 nitrogen and oxygen atoms in total. The molecule has 11 heteroatoms. The summed E-state index contributed by atoms with van der Waals surface area (Å²) in [6.45, 7) is 0.394. The third-order valence-electron chi connectivity index (χ3n) is 6.76. The van der Waals surface area contributed by atoms with Crippen molar-refractivity contribution >= 4 is 10.0 Å². The Morgan fingerprint density at radius 1 is 1.03 bits per heavy atom. The number of hydrogen-bond donors (Lipinski definition) is 2. The number of benzene rings is 2. The maximum Gasteiger partial charge on any atom is 0.328 e. The van der Waals surface area contributed by atoms with E-state index in [9.17, 15) is 23.1 Å². The molecule has 1 aliphatic heterocycles. The first-order valence-electron chi connectivity index (χ1n) is 12.0. The van der Waals surface area contributed by atoms with E-state index in [0.717, 1.165) is 0 Å². The summed E-state index contributed by atoms with van der Waals surface area (Å²) in [5, 5.41) is 12.4. The SMILES string of the molecule is COc1cccc(C(O)(c2cccc(OC)c2)[C@H]2CCCN2S(=O)(=O)CCCn2ccc(=O)[nH]c2=O)c1. The molecule has 0 aliphatic carbocycles. The van der Waals surface area contributed by atoms with E-state index in [2.05, 4.69) is 4.98 Å². The second-order valence-corrected chi connectivity index (χ2v) is 11.0. The quantitative estimate of drug-likeness (QED) is 0.409. The predicted octanol–water partition coefficient (Wildman–Crippen LogP) is 1.67. The lowest BCUT2D eigenvalue weighted by atomic mass is 9.79. The Morgan fingerprint density at radius 3 is 2.22 bits per heavy atom. The Balaban J connectivity index is 1.67. The van der Waals surface area contributed by atoms with Crippen LogP contribution in [-0.2, 0) is 22.2 Å². The molecule has 1 aromatic heterocycles. The smallest absolute Gasteiger partial charge is 0.328 e. The molecule has 0 unspecified atom stereocenters. The van der Waals surface area contributed by atoms with Gasteiger partial charge in [0.15, 0.2) is 0 Å². The second kappa shape index (κ2) is 10.9. The molecule has 1 aliphatic rings. The number of sulfonamides is 1. The molecule has 1 saturated heterocycles. The van der Waals surface area contributed by atoms with E-state index >= 15 is 0 Å². The summed E-state index contributed by atoms with van der Waals surface area (Å²) in [4.78, 5) is 25.4. The number of H-pyrrole nitrogens is 1. The summed E-state index contributed by atoms with van der Waals surface area (Å²) < 4.78 is 40.5. The number of methoxy groups -OCH3 is 2. The van der Waals surface area contributed by atoms with Gasteiger partial charge >= 0.3 is 5.69 Å². The van der Waals surface area contributed by atoms with Crippen molar-refractivity contribution in [2.24, 2.45) is 0 Å². The zero-order chi connectivity index (χ0) is 26.6. The highest BCUT2D eigenvalue weighted by molar-refractivity contribution is 7.89. The highest BCUT2D eigenvalue weighted by Gasteiger charge is 2.49. The number of ether oxygens (including phenoxy) is 2. The van der Waals surface area contributed by atoms with Gasteiger partial charge in [-0.15, -0.1) is 0 Å². The van der Waals surface area contributed by atoms with Crippen LogP contribution in [0.1, 0.15) is 30.4 Å². The minimum absolute atomic E-state index is 0.128. The van der Waals surface area contributed by atoms with Crippen molar-refractivity contribution in [1.29, 1.82) is 0 Å². The molecule has 0 radical (unpaired) electrons. The van der Waals surface area contributed by atoms with Crippen molar-refractivity contribution in [3.05, 3.63) is 92.8 Å². The monoisotopic (exact) mass is 529 g/mol. The molecule has 2 aromatic carbocycles. The first-order valence-corrected chi connectivity index (χ1v) is 13.6. The number of aromatic nitrogens is 2. The summed E-state index contributed by atoms with van der Waals surface area (Å²) in [5.41, 5.74) is -1.76. The summed E-state index contributed by atoms with van der Waals surface area (Å²) in [5.74, 6) is 0.858. The van der Waals surface area contributed by atoms with Crippen LogP contribution in [0.4, 0.5) is 0 Å². The predicted molar refractivity (Wildman–Crippen MR) is 138 cm³/mol. The number of hydrogen-bond acceptors (Lipinski definition) is 7. The topological polar surface area (TPSA) is 131 Å². The van der Waals surface area contributed by atoms with E-state index in [-0.39, 0.29) is 25.3 Å². The average molecular weight is 530 g/mol. The number of nitrogens with one attached hydrogen (secondary N) is 1. The van der Waals surface area contributed by atoms with E-state index in [1.54, 1.807) is 48.5 Å². The van der Waals surface area contributed by atoms with E-state index < -0.39 is 32.9 Å². The third kappa shape index (κ3) is 5.48. The lowest BCUT2D eigenvalue weighted by Crippen LogP contribution is -2.51. The van der Waals surface area contributed by atoms with Crippen molar-refractivity contribution < 1.29 is 23.0 Å². The van der Waals surface area contributed by atoms with Crippen molar-refractivity contribution in [2.75, 3.05) is 26.5 Å². The highest BCUT2D eigenvalue weighted by Crippen LogP contribution is 2.43. The van der Waals surface area contributed by atoms with Crippen molar-refractivity contribution in [3.8, 4) is 11.5 Å². The maximum atomic E-state index is 13.5. The van der Waals surface area contributed by atoms with Gasteiger partial charge in [-0.05, 0) is 54.7 Å². The van der Waals surface area contributed by atoms with Gasteiger partial charge in [0.2, 0.25) is 10.0 Å². The van der Waals surface area contributed by atoms with Crippen molar-refractivity contribution in [3.63, 3.8) is 0 Å². The van der Waals surface area contributed by atoms with Gasteiger partial charge in [0.1, 0.15) is 17.1 Å². The molecule has 198 valence electrons. The van der Waals surface area contributed by atoms with Gasteiger partial charge in [0, 0.05) is 25.4 Å². The van der Waals surface area contributed by atoms with E-state index in [1.165, 1.54) is 35.4 Å². The fourth-order valence-electron chi connectivity index (χ4n) is 4.92. The lowest BCUT2D eigenvalue weighted by molar-refractivity contribution is 0.0201. The first-order chi connectivity index (χ1) is 17.7. The highest BCUT2D eigenvalue weighted by atomic mass is 32.2. The second-order valence-electron chi connectivity index (χ2n) is 8.97. The minimum atomic E-state index is -3.81. The summed E-state index contributed by atoms with van der Waals surface area (Å²) in [7, 11) is -0.744.